The molecule has 0 saturated heterocycles. The Labute approximate surface area is 108 Å². The highest BCUT2D eigenvalue weighted by atomic mass is 79.9. The molecule has 0 saturated carbocycles. The van der Waals surface area contributed by atoms with Gasteiger partial charge in [0.25, 0.3) is 0 Å². The maximum atomic E-state index is 11.8. The van der Waals surface area contributed by atoms with Gasteiger partial charge >= 0.3 is 11.9 Å². The molecular formula is C12H13BrO4. The van der Waals surface area contributed by atoms with Crippen LogP contribution >= 0.6 is 15.9 Å². The zero-order valence-corrected chi connectivity index (χ0v) is 11.4. The first-order valence-electron chi connectivity index (χ1n) is 4.96. The minimum atomic E-state index is -1.09. The fourth-order valence-electron chi connectivity index (χ4n) is 1.17. The van der Waals surface area contributed by atoms with Crippen molar-refractivity contribution in [3.8, 4) is 0 Å². The molecule has 0 amide bonds. The van der Waals surface area contributed by atoms with Gasteiger partial charge in [0.15, 0.2) is 0 Å². The van der Waals surface area contributed by atoms with E-state index in [9.17, 15) is 9.59 Å². The van der Waals surface area contributed by atoms with Crippen LogP contribution in [-0.4, -0.2) is 22.6 Å². The van der Waals surface area contributed by atoms with Crippen LogP contribution in [0.15, 0.2) is 22.7 Å². The Balaban J connectivity index is 3.06. The van der Waals surface area contributed by atoms with Gasteiger partial charge in [-0.05, 0) is 39.0 Å². The van der Waals surface area contributed by atoms with Crippen molar-refractivity contribution < 1.29 is 19.4 Å². The fraction of sp³-hybridized carbons (Fsp3) is 0.333. The van der Waals surface area contributed by atoms with E-state index in [0.29, 0.717) is 4.47 Å². The van der Waals surface area contributed by atoms with Crippen molar-refractivity contribution in [1.82, 2.24) is 0 Å². The molecule has 0 bridgehead atoms. The molecule has 1 N–H and O–H groups in total. The maximum absolute atomic E-state index is 11.8. The van der Waals surface area contributed by atoms with Gasteiger partial charge in [-0.25, -0.2) is 9.59 Å². The first kappa shape index (κ1) is 13.7. The molecule has 1 rings (SSSR count). The summed E-state index contributed by atoms with van der Waals surface area (Å²) >= 11 is 3.16. The number of benzene rings is 1. The van der Waals surface area contributed by atoms with Crippen LogP contribution in [0.3, 0.4) is 0 Å². The molecule has 0 heterocycles. The van der Waals surface area contributed by atoms with E-state index >= 15 is 0 Å². The summed E-state index contributed by atoms with van der Waals surface area (Å²) in [6.45, 7) is 5.25. The summed E-state index contributed by atoms with van der Waals surface area (Å²) < 4.78 is 5.69. The average molecular weight is 301 g/mol. The molecule has 4 nitrogen and oxygen atoms in total. The number of ether oxygens (including phenoxy) is 1. The standard InChI is InChI=1S/C12H13BrO4/c1-12(2,3)17-11(16)8-4-7(10(14)15)5-9(13)6-8/h4-6H,1-3H3,(H,14,15). The second-order valence-electron chi connectivity index (χ2n) is 4.54. The minimum Gasteiger partial charge on any atom is -0.478 e. The molecule has 0 spiro atoms. The summed E-state index contributed by atoms with van der Waals surface area (Å²) in [7, 11) is 0. The molecule has 0 aliphatic rings. The maximum Gasteiger partial charge on any atom is 0.338 e. The zero-order chi connectivity index (χ0) is 13.2. The first-order valence-corrected chi connectivity index (χ1v) is 5.75. The molecule has 17 heavy (non-hydrogen) atoms. The molecule has 0 radical (unpaired) electrons. The number of hydrogen-bond donors (Lipinski definition) is 1. The van der Waals surface area contributed by atoms with Crippen molar-refractivity contribution in [3.63, 3.8) is 0 Å². The van der Waals surface area contributed by atoms with Gasteiger partial charge < -0.3 is 9.84 Å². The van der Waals surface area contributed by atoms with Crippen molar-refractivity contribution in [1.29, 1.82) is 0 Å². The van der Waals surface area contributed by atoms with Crippen LogP contribution in [0.5, 0.6) is 0 Å². The number of halogens is 1. The molecule has 0 aromatic heterocycles. The van der Waals surface area contributed by atoms with E-state index in [4.69, 9.17) is 9.84 Å². The van der Waals surface area contributed by atoms with Gasteiger partial charge in [-0.15, -0.1) is 0 Å². The van der Waals surface area contributed by atoms with Crippen molar-refractivity contribution in [2.24, 2.45) is 0 Å². The molecule has 0 aliphatic carbocycles. The molecule has 0 fully saturated rings. The summed E-state index contributed by atoms with van der Waals surface area (Å²) in [4.78, 5) is 22.6. The number of carbonyl (C=O) groups is 2. The van der Waals surface area contributed by atoms with Crippen LogP contribution in [0.2, 0.25) is 0 Å². The zero-order valence-electron chi connectivity index (χ0n) is 9.78. The predicted molar refractivity (Wildman–Crippen MR) is 66.3 cm³/mol. The lowest BCUT2D eigenvalue weighted by Crippen LogP contribution is -2.24. The highest BCUT2D eigenvalue weighted by Gasteiger charge is 2.19. The summed E-state index contributed by atoms with van der Waals surface area (Å²) in [6, 6.07) is 4.25. The Morgan fingerprint density at radius 1 is 1.18 bits per heavy atom. The van der Waals surface area contributed by atoms with Crippen LogP contribution in [-0.2, 0) is 4.74 Å². The Hall–Kier alpha value is -1.36. The lowest BCUT2D eigenvalue weighted by molar-refractivity contribution is 0.00694. The quantitative estimate of drug-likeness (QED) is 0.853. The van der Waals surface area contributed by atoms with Gasteiger partial charge in [-0.3, -0.25) is 0 Å². The van der Waals surface area contributed by atoms with E-state index in [2.05, 4.69) is 15.9 Å². The summed E-state index contributed by atoms with van der Waals surface area (Å²) in [5, 5.41) is 8.88. The van der Waals surface area contributed by atoms with E-state index in [1.54, 1.807) is 20.8 Å². The molecule has 0 atom stereocenters. The summed E-state index contributed by atoms with van der Waals surface area (Å²) in [5.74, 6) is -1.63. The topological polar surface area (TPSA) is 63.6 Å². The number of carboxylic acid groups (broad SMARTS) is 1. The monoisotopic (exact) mass is 300 g/mol. The van der Waals surface area contributed by atoms with Crippen LogP contribution in [0.4, 0.5) is 0 Å². The van der Waals surface area contributed by atoms with Crippen LogP contribution in [0, 0.1) is 0 Å². The van der Waals surface area contributed by atoms with Gasteiger partial charge in [0.05, 0.1) is 11.1 Å². The van der Waals surface area contributed by atoms with Crippen molar-refractivity contribution >= 4 is 27.9 Å². The van der Waals surface area contributed by atoms with Gasteiger partial charge in [-0.2, -0.15) is 0 Å². The predicted octanol–water partition coefficient (Wildman–Crippen LogP) is 3.10. The number of esters is 1. The lowest BCUT2D eigenvalue weighted by Gasteiger charge is -2.19. The SMILES string of the molecule is CC(C)(C)OC(=O)c1cc(Br)cc(C(=O)O)c1. The number of hydrogen-bond acceptors (Lipinski definition) is 3. The smallest absolute Gasteiger partial charge is 0.338 e. The van der Waals surface area contributed by atoms with Crippen LogP contribution in [0.25, 0.3) is 0 Å². The van der Waals surface area contributed by atoms with E-state index in [1.807, 2.05) is 0 Å². The van der Waals surface area contributed by atoms with Gasteiger partial charge in [0, 0.05) is 4.47 Å². The van der Waals surface area contributed by atoms with E-state index in [-0.39, 0.29) is 11.1 Å². The first-order chi connectivity index (χ1) is 7.69. The third-order valence-electron chi connectivity index (χ3n) is 1.78. The Kier molecular flexibility index (Phi) is 3.93. The van der Waals surface area contributed by atoms with Crippen LogP contribution < -0.4 is 0 Å². The highest BCUT2D eigenvalue weighted by molar-refractivity contribution is 9.10. The average Bonchev–Trinajstić information content (AvgIpc) is 2.13. The van der Waals surface area contributed by atoms with E-state index < -0.39 is 17.5 Å². The van der Waals surface area contributed by atoms with E-state index in [1.165, 1.54) is 18.2 Å². The molecule has 0 aliphatic heterocycles. The normalized spacial score (nSPS) is 11.1. The second kappa shape index (κ2) is 4.87. The number of carboxylic acids is 1. The van der Waals surface area contributed by atoms with Crippen molar-refractivity contribution in [2.75, 3.05) is 0 Å². The Bertz CT molecular complexity index is 460. The number of carbonyl (C=O) groups excluding carboxylic acids is 1. The summed E-state index contributed by atoms with van der Waals surface area (Å²) in [5.41, 5.74) is -0.352. The largest absolute Gasteiger partial charge is 0.478 e. The molecular weight excluding hydrogens is 288 g/mol. The van der Waals surface area contributed by atoms with Crippen LogP contribution in [0.1, 0.15) is 41.5 Å². The summed E-state index contributed by atoms with van der Waals surface area (Å²) in [6.07, 6.45) is 0. The molecule has 92 valence electrons. The minimum absolute atomic E-state index is 0.0419. The van der Waals surface area contributed by atoms with Gasteiger partial charge in [0.2, 0.25) is 0 Å². The molecule has 1 aromatic rings. The Morgan fingerprint density at radius 3 is 2.18 bits per heavy atom. The highest BCUT2D eigenvalue weighted by Crippen LogP contribution is 2.19. The lowest BCUT2D eigenvalue weighted by atomic mass is 10.1. The Morgan fingerprint density at radius 2 is 1.71 bits per heavy atom. The molecule has 5 heteroatoms. The third kappa shape index (κ3) is 4.19. The fourth-order valence-corrected chi connectivity index (χ4v) is 1.66. The third-order valence-corrected chi connectivity index (χ3v) is 2.24. The second-order valence-corrected chi connectivity index (χ2v) is 5.45. The van der Waals surface area contributed by atoms with E-state index in [0.717, 1.165) is 0 Å². The molecule has 0 unspecified atom stereocenters. The molecule has 1 aromatic carbocycles. The number of aromatic carboxylic acids is 1. The van der Waals surface area contributed by atoms with Gasteiger partial charge in [-0.1, -0.05) is 15.9 Å². The number of rotatable bonds is 2. The van der Waals surface area contributed by atoms with Gasteiger partial charge in [0.1, 0.15) is 5.60 Å². The van der Waals surface area contributed by atoms with Crippen molar-refractivity contribution in [3.05, 3.63) is 33.8 Å². The van der Waals surface area contributed by atoms with Crippen molar-refractivity contribution in [2.45, 2.75) is 26.4 Å².